The number of ether oxygens (including phenoxy) is 1. The molecule has 0 aliphatic carbocycles. The molecule has 2 atom stereocenters. The van der Waals surface area contributed by atoms with E-state index in [1.807, 2.05) is 18.2 Å². The van der Waals surface area contributed by atoms with Crippen LogP contribution < -0.4 is 16.0 Å². The van der Waals surface area contributed by atoms with Crippen LogP contribution in [0.2, 0.25) is 0 Å². The monoisotopic (exact) mass is 561 g/mol. The predicted octanol–water partition coefficient (Wildman–Crippen LogP) is 3.16. The molecule has 3 amide bonds. The number of methoxy groups -OCH3 is 1. The Morgan fingerprint density at radius 3 is 1.97 bits per heavy atom. The van der Waals surface area contributed by atoms with Gasteiger partial charge in [-0.25, -0.2) is 0 Å². The third kappa shape index (κ3) is 10.3. The number of rotatable bonds is 12. The molecule has 8 nitrogen and oxygen atoms in total. The number of esters is 1. The molecule has 0 radical (unpaired) electrons. The van der Waals surface area contributed by atoms with E-state index in [1.165, 1.54) is 7.11 Å². The van der Waals surface area contributed by atoms with E-state index >= 15 is 0 Å². The Morgan fingerprint density at radius 2 is 1.42 bits per heavy atom. The molecule has 0 bridgehead atoms. The van der Waals surface area contributed by atoms with Gasteiger partial charge in [-0.3, -0.25) is 19.2 Å². The van der Waals surface area contributed by atoms with Crippen molar-refractivity contribution in [2.45, 2.75) is 62.3 Å². The van der Waals surface area contributed by atoms with Crippen LogP contribution in [-0.4, -0.2) is 42.9 Å². The van der Waals surface area contributed by atoms with E-state index in [4.69, 9.17) is 0 Å². The standard InChI is InChI=1S/C21H29Br2N3O5/c1-13(24-18(27)6-4-5-7-19(28)31-3)20(29)25-14(2)21(30)26-17-9-15(11-22)8-16(10-17)12-23/h8-10,13-14H,4-7,11-12H2,1-3H3,(H,24,27)(H,25,29)(H,26,30)/t13-,14-/m0/s1. The normalized spacial score (nSPS) is 12.4. The van der Waals surface area contributed by atoms with E-state index in [0.717, 1.165) is 11.1 Å². The van der Waals surface area contributed by atoms with Gasteiger partial charge >= 0.3 is 5.97 Å². The van der Waals surface area contributed by atoms with Gasteiger partial charge in [-0.2, -0.15) is 0 Å². The second-order valence-corrected chi connectivity index (χ2v) is 8.22. The molecule has 1 aromatic carbocycles. The maximum absolute atomic E-state index is 12.5. The summed E-state index contributed by atoms with van der Waals surface area (Å²) in [4.78, 5) is 47.8. The highest BCUT2D eigenvalue weighted by Crippen LogP contribution is 2.19. The largest absolute Gasteiger partial charge is 0.469 e. The fraction of sp³-hybridized carbons (Fsp3) is 0.524. The first-order chi connectivity index (χ1) is 14.7. The number of hydrogen-bond donors (Lipinski definition) is 3. The topological polar surface area (TPSA) is 114 Å². The van der Waals surface area contributed by atoms with Crippen LogP contribution in [-0.2, 0) is 34.6 Å². The third-order valence-electron chi connectivity index (χ3n) is 4.41. The second-order valence-electron chi connectivity index (χ2n) is 7.10. The molecule has 0 heterocycles. The van der Waals surface area contributed by atoms with Crippen LogP contribution in [0.5, 0.6) is 0 Å². The third-order valence-corrected chi connectivity index (χ3v) is 5.71. The Kier molecular flexibility index (Phi) is 12.4. The number of unbranched alkanes of at least 4 members (excludes halogenated alkanes) is 1. The summed E-state index contributed by atoms with van der Waals surface area (Å²) in [6.07, 6.45) is 1.50. The van der Waals surface area contributed by atoms with Crippen LogP contribution in [0.4, 0.5) is 5.69 Å². The molecule has 0 aliphatic heterocycles. The van der Waals surface area contributed by atoms with Gasteiger partial charge in [-0.15, -0.1) is 0 Å². The van der Waals surface area contributed by atoms with Gasteiger partial charge in [0.1, 0.15) is 12.1 Å². The van der Waals surface area contributed by atoms with Crippen molar-refractivity contribution in [2.75, 3.05) is 12.4 Å². The fourth-order valence-corrected chi connectivity index (χ4v) is 3.33. The second kappa shape index (κ2) is 14.2. The van der Waals surface area contributed by atoms with Gasteiger partial charge in [0.2, 0.25) is 17.7 Å². The number of nitrogens with one attached hydrogen (secondary N) is 3. The van der Waals surface area contributed by atoms with Crippen molar-refractivity contribution < 1.29 is 23.9 Å². The van der Waals surface area contributed by atoms with Gasteiger partial charge in [0, 0.05) is 29.2 Å². The summed E-state index contributed by atoms with van der Waals surface area (Å²) < 4.78 is 4.54. The highest BCUT2D eigenvalue weighted by atomic mass is 79.9. The number of halogens is 2. The smallest absolute Gasteiger partial charge is 0.305 e. The molecule has 0 aromatic heterocycles. The summed E-state index contributed by atoms with van der Waals surface area (Å²) in [6, 6.07) is 4.16. The average molecular weight is 563 g/mol. The zero-order valence-corrected chi connectivity index (χ0v) is 21.1. The molecular formula is C21H29Br2N3O5. The molecule has 0 saturated carbocycles. The van der Waals surface area contributed by atoms with Crippen LogP contribution in [0.3, 0.4) is 0 Å². The van der Waals surface area contributed by atoms with Gasteiger partial charge in [-0.1, -0.05) is 37.9 Å². The number of carbonyl (C=O) groups is 4. The van der Waals surface area contributed by atoms with E-state index in [0.29, 0.717) is 29.2 Å². The molecule has 0 fully saturated rings. The highest BCUT2D eigenvalue weighted by Gasteiger charge is 2.21. The summed E-state index contributed by atoms with van der Waals surface area (Å²) in [5, 5.41) is 9.32. The lowest BCUT2D eigenvalue weighted by molar-refractivity contribution is -0.140. The van der Waals surface area contributed by atoms with Crippen molar-refractivity contribution in [1.82, 2.24) is 10.6 Å². The molecule has 0 aliphatic rings. The minimum Gasteiger partial charge on any atom is -0.469 e. The number of hydrogen-bond acceptors (Lipinski definition) is 5. The Labute approximate surface area is 199 Å². The van der Waals surface area contributed by atoms with Crippen molar-refractivity contribution in [3.63, 3.8) is 0 Å². The van der Waals surface area contributed by atoms with Crippen LogP contribution in [0.1, 0.15) is 50.7 Å². The Morgan fingerprint density at radius 1 is 0.871 bits per heavy atom. The zero-order chi connectivity index (χ0) is 23.4. The number of anilines is 1. The number of benzene rings is 1. The van der Waals surface area contributed by atoms with E-state index < -0.39 is 18.0 Å². The Balaban J connectivity index is 2.48. The Bertz CT molecular complexity index is 766. The van der Waals surface area contributed by atoms with Crippen molar-refractivity contribution in [2.24, 2.45) is 0 Å². The van der Waals surface area contributed by atoms with Gasteiger partial charge in [0.15, 0.2) is 0 Å². The molecule has 3 N–H and O–H groups in total. The highest BCUT2D eigenvalue weighted by molar-refractivity contribution is 9.08. The molecule has 0 spiro atoms. The van der Waals surface area contributed by atoms with Crippen LogP contribution in [0.25, 0.3) is 0 Å². The molecule has 1 aromatic rings. The molecule has 10 heteroatoms. The first kappa shape index (κ1) is 27.1. The summed E-state index contributed by atoms with van der Waals surface area (Å²) >= 11 is 6.82. The van der Waals surface area contributed by atoms with E-state index in [1.54, 1.807) is 13.8 Å². The fourth-order valence-electron chi connectivity index (χ4n) is 2.68. The molecule has 172 valence electrons. The van der Waals surface area contributed by atoms with Gasteiger partial charge in [0.25, 0.3) is 0 Å². The minimum atomic E-state index is -0.792. The van der Waals surface area contributed by atoms with Crippen LogP contribution in [0.15, 0.2) is 18.2 Å². The van der Waals surface area contributed by atoms with Crippen LogP contribution in [0, 0.1) is 0 Å². The lowest BCUT2D eigenvalue weighted by Crippen LogP contribution is -2.50. The number of amides is 3. The minimum absolute atomic E-state index is 0.199. The summed E-state index contributed by atoms with van der Waals surface area (Å²) in [5.74, 6) is -1.43. The molecule has 1 rings (SSSR count). The SMILES string of the molecule is COC(=O)CCCCC(=O)N[C@@H](C)C(=O)N[C@@H](C)C(=O)Nc1cc(CBr)cc(CBr)c1. The van der Waals surface area contributed by atoms with Crippen molar-refractivity contribution in [3.05, 3.63) is 29.3 Å². The number of carbonyl (C=O) groups excluding carboxylic acids is 4. The lowest BCUT2D eigenvalue weighted by atomic mass is 10.1. The van der Waals surface area contributed by atoms with Gasteiger partial charge < -0.3 is 20.7 Å². The predicted molar refractivity (Wildman–Crippen MR) is 126 cm³/mol. The van der Waals surface area contributed by atoms with E-state index in [-0.39, 0.29) is 30.6 Å². The Hall–Kier alpha value is -1.94. The average Bonchev–Trinajstić information content (AvgIpc) is 2.75. The maximum Gasteiger partial charge on any atom is 0.305 e. The van der Waals surface area contributed by atoms with E-state index in [2.05, 4.69) is 52.5 Å². The molecule has 31 heavy (non-hydrogen) atoms. The van der Waals surface area contributed by atoms with Crippen molar-refractivity contribution in [1.29, 1.82) is 0 Å². The summed E-state index contributed by atoms with van der Waals surface area (Å²) in [6.45, 7) is 3.13. The summed E-state index contributed by atoms with van der Waals surface area (Å²) in [7, 11) is 1.32. The zero-order valence-electron chi connectivity index (χ0n) is 17.9. The molecular weight excluding hydrogens is 534 g/mol. The quantitative estimate of drug-likeness (QED) is 0.206. The van der Waals surface area contributed by atoms with E-state index in [9.17, 15) is 19.2 Å². The molecule has 0 saturated heterocycles. The maximum atomic E-state index is 12.5. The van der Waals surface area contributed by atoms with Gasteiger partial charge in [0.05, 0.1) is 7.11 Å². The van der Waals surface area contributed by atoms with Crippen molar-refractivity contribution >= 4 is 61.2 Å². The van der Waals surface area contributed by atoms with Crippen LogP contribution >= 0.6 is 31.9 Å². The first-order valence-corrected chi connectivity index (χ1v) is 12.2. The van der Waals surface area contributed by atoms with Crippen molar-refractivity contribution in [3.8, 4) is 0 Å². The van der Waals surface area contributed by atoms with Gasteiger partial charge in [-0.05, 0) is 49.9 Å². The summed E-state index contributed by atoms with van der Waals surface area (Å²) in [5.41, 5.74) is 2.68. The lowest BCUT2D eigenvalue weighted by Gasteiger charge is -2.19. The first-order valence-electron chi connectivity index (χ1n) is 9.92. The number of alkyl halides is 2. The molecule has 0 unspecified atom stereocenters.